The fraction of sp³-hybridized carbons (Fsp3) is 0.875. The largest absolute Gasteiger partial charge is 0.460 e. The number of ketones is 1. The van der Waals surface area contributed by atoms with Crippen LogP contribution in [0.4, 0.5) is 8.78 Å². The smallest absolute Gasteiger partial charge is 0.310 e. The number of hydrogen-bond acceptors (Lipinski definition) is 3. The number of hydrogen-bond donors (Lipinski definition) is 0. The molecular weight excluding hydrogens is 314 g/mol. The van der Waals surface area contributed by atoms with Crippen molar-refractivity contribution in [1.29, 1.82) is 0 Å². The van der Waals surface area contributed by atoms with Crippen LogP contribution in [0.15, 0.2) is 0 Å². The Morgan fingerprint density at radius 3 is 2.23 bits per heavy atom. The van der Waals surface area contributed by atoms with Gasteiger partial charge < -0.3 is 4.74 Å². The third-order valence-corrected chi connectivity index (χ3v) is 4.35. The third kappa shape index (κ3) is 4.64. The highest BCUT2D eigenvalue weighted by Gasteiger charge is 2.54. The SMILES string of the molecule is CC(C)C1C[C@@H](C(=O)OC(C)(C)C)[C@H](C(=O)CCl)CC1(F)F. The van der Waals surface area contributed by atoms with Crippen molar-refractivity contribution >= 4 is 23.4 Å². The molecule has 0 aromatic heterocycles. The van der Waals surface area contributed by atoms with Gasteiger partial charge in [0.1, 0.15) is 5.60 Å². The molecule has 0 radical (unpaired) electrons. The molecule has 0 aliphatic heterocycles. The molecule has 22 heavy (non-hydrogen) atoms. The van der Waals surface area contributed by atoms with Crippen molar-refractivity contribution in [3.05, 3.63) is 0 Å². The van der Waals surface area contributed by atoms with Crippen molar-refractivity contribution in [3.8, 4) is 0 Å². The monoisotopic (exact) mass is 338 g/mol. The molecule has 1 aliphatic carbocycles. The molecule has 6 heteroatoms. The van der Waals surface area contributed by atoms with Crippen LogP contribution in [0.1, 0.15) is 47.5 Å². The molecule has 0 aromatic rings. The number of rotatable bonds is 4. The first-order valence-electron chi connectivity index (χ1n) is 7.58. The zero-order valence-electron chi connectivity index (χ0n) is 13.8. The normalized spacial score (nSPS) is 28.5. The second kappa shape index (κ2) is 6.81. The third-order valence-electron chi connectivity index (χ3n) is 4.09. The number of esters is 1. The average molecular weight is 339 g/mol. The molecule has 0 spiro atoms. The highest BCUT2D eigenvalue weighted by molar-refractivity contribution is 6.28. The lowest BCUT2D eigenvalue weighted by atomic mass is 9.67. The van der Waals surface area contributed by atoms with E-state index in [1.807, 2.05) is 0 Å². The molecule has 1 unspecified atom stereocenters. The van der Waals surface area contributed by atoms with E-state index in [0.29, 0.717) is 0 Å². The Kier molecular flexibility index (Phi) is 5.99. The predicted octanol–water partition coefficient (Wildman–Crippen LogP) is 4.07. The first-order valence-corrected chi connectivity index (χ1v) is 8.12. The van der Waals surface area contributed by atoms with Crippen molar-refractivity contribution < 1.29 is 23.1 Å². The van der Waals surface area contributed by atoms with Crippen molar-refractivity contribution in [2.24, 2.45) is 23.7 Å². The number of carbonyl (C=O) groups excluding carboxylic acids is 2. The van der Waals surface area contributed by atoms with E-state index in [0.717, 1.165) is 0 Å². The minimum absolute atomic E-state index is 0.0487. The maximum atomic E-state index is 14.3. The van der Waals surface area contributed by atoms with Gasteiger partial charge in [-0.05, 0) is 33.1 Å². The molecule has 3 atom stereocenters. The Morgan fingerprint density at radius 1 is 1.27 bits per heavy atom. The molecular formula is C16H25ClF2O3. The van der Waals surface area contributed by atoms with E-state index in [-0.39, 0.29) is 18.2 Å². The first-order chi connectivity index (χ1) is 9.89. The Labute approximate surface area is 135 Å². The number of alkyl halides is 3. The Balaban J connectivity index is 3.07. The number of Topliss-reactive ketones (excluding diaryl/α,β-unsaturated/α-hetero) is 1. The number of carbonyl (C=O) groups is 2. The van der Waals surface area contributed by atoms with Gasteiger partial charge >= 0.3 is 5.97 Å². The summed E-state index contributed by atoms with van der Waals surface area (Å²) < 4.78 is 33.9. The van der Waals surface area contributed by atoms with Gasteiger partial charge in [-0.2, -0.15) is 0 Å². The van der Waals surface area contributed by atoms with Gasteiger partial charge in [0.05, 0.1) is 11.8 Å². The maximum absolute atomic E-state index is 14.3. The first kappa shape index (κ1) is 19.3. The van der Waals surface area contributed by atoms with Gasteiger partial charge in [0.2, 0.25) is 0 Å². The van der Waals surface area contributed by atoms with E-state index in [2.05, 4.69) is 0 Å². The van der Waals surface area contributed by atoms with E-state index >= 15 is 0 Å². The summed E-state index contributed by atoms with van der Waals surface area (Å²) in [6, 6.07) is 0. The summed E-state index contributed by atoms with van der Waals surface area (Å²) in [5.41, 5.74) is -0.723. The van der Waals surface area contributed by atoms with Crippen molar-refractivity contribution in [2.45, 2.75) is 59.0 Å². The van der Waals surface area contributed by atoms with Crippen LogP contribution in [-0.2, 0) is 14.3 Å². The molecule has 0 bridgehead atoms. The standard InChI is InChI=1S/C16H25ClF2O3/c1-9(2)12-6-10(14(21)22-15(3,4)5)11(13(20)8-17)7-16(12,18)19/h9-12H,6-8H2,1-5H3/t10-,11-,12?/m1/s1. The fourth-order valence-corrected chi connectivity index (χ4v) is 3.23. The van der Waals surface area contributed by atoms with Gasteiger partial charge in [-0.25, -0.2) is 8.78 Å². The minimum atomic E-state index is -2.97. The van der Waals surface area contributed by atoms with Crippen LogP contribution in [0.2, 0.25) is 0 Å². The van der Waals surface area contributed by atoms with Crippen molar-refractivity contribution in [1.82, 2.24) is 0 Å². The predicted molar refractivity (Wildman–Crippen MR) is 81.1 cm³/mol. The Hall–Kier alpha value is -0.710. The van der Waals surface area contributed by atoms with Crippen LogP contribution in [0.5, 0.6) is 0 Å². The maximum Gasteiger partial charge on any atom is 0.310 e. The molecule has 0 N–H and O–H groups in total. The molecule has 1 rings (SSSR count). The van der Waals surface area contributed by atoms with Gasteiger partial charge in [-0.15, -0.1) is 11.6 Å². The van der Waals surface area contributed by atoms with Gasteiger partial charge in [-0.1, -0.05) is 13.8 Å². The molecule has 1 aliphatic rings. The lowest BCUT2D eigenvalue weighted by Gasteiger charge is -2.41. The van der Waals surface area contributed by atoms with Crippen LogP contribution in [0.25, 0.3) is 0 Å². The summed E-state index contributed by atoms with van der Waals surface area (Å²) in [7, 11) is 0. The second-order valence-electron chi connectivity index (χ2n) is 7.40. The molecule has 3 nitrogen and oxygen atoms in total. The molecule has 0 heterocycles. The van der Waals surface area contributed by atoms with Crippen molar-refractivity contribution in [3.63, 3.8) is 0 Å². The summed E-state index contributed by atoms with van der Waals surface area (Å²) >= 11 is 5.53. The molecule has 0 aromatic carbocycles. The number of ether oxygens (including phenoxy) is 1. The quantitative estimate of drug-likeness (QED) is 0.573. The van der Waals surface area contributed by atoms with Crippen LogP contribution >= 0.6 is 11.6 Å². The van der Waals surface area contributed by atoms with Gasteiger partial charge in [-0.3, -0.25) is 9.59 Å². The van der Waals surface area contributed by atoms with E-state index in [1.165, 1.54) is 0 Å². The van der Waals surface area contributed by atoms with Gasteiger partial charge in [0.15, 0.2) is 5.78 Å². The molecule has 0 saturated heterocycles. The number of halogens is 3. The van der Waals surface area contributed by atoms with E-state index < -0.39 is 47.5 Å². The van der Waals surface area contributed by atoms with Gasteiger partial charge in [0, 0.05) is 18.3 Å². The zero-order valence-corrected chi connectivity index (χ0v) is 14.5. The topological polar surface area (TPSA) is 43.4 Å². The molecule has 1 saturated carbocycles. The van der Waals surface area contributed by atoms with E-state index in [1.54, 1.807) is 34.6 Å². The summed E-state index contributed by atoms with van der Waals surface area (Å²) in [5, 5.41) is 0. The molecule has 1 fully saturated rings. The zero-order chi connectivity index (χ0) is 17.3. The average Bonchev–Trinajstić information content (AvgIpc) is 2.33. The Morgan fingerprint density at radius 2 is 1.82 bits per heavy atom. The second-order valence-corrected chi connectivity index (χ2v) is 7.67. The van der Waals surface area contributed by atoms with E-state index in [4.69, 9.17) is 16.3 Å². The summed E-state index contributed by atoms with van der Waals surface area (Å²) in [6.07, 6.45) is -0.682. The van der Waals surface area contributed by atoms with Crippen LogP contribution in [0, 0.1) is 23.7 Å². The highest BCUT2D eigenvalue weighted by Crippen LogP contribution is 2.48. The lowest BCUT2D eigenvalue weighted by molar-refractivity contribution is -0.179. The van der Waals surface area contributed by atoms with Crippen LogP contribution in [-0.4, -0.2) is 29.2 Å². The Bertz CT molecular complexity index is 430. The summed E-state index contributed by atoms with van der Waals surface area (Å²) in [5.74, 6) is -7.59. The lowest BCUT2D eigenvalue weighted by Crippen LogP contribution is -2.49. The summed E-state index contributed by atoms with van der Waals surface area (Å²) in [4.78, 5) is 24.3. The van der Waals surface area contributed by atoms with Crippen molar-refractivity contribution in [2.75, 3.05) is 5.88 Å². The minimum Gasteiger partial charge on any atom is -0.460 e. The summed E-state index contributed by atoms with van der Waals surface area (Å²) in [6.45, 7) is 8.53. The highest BCUT2D eigenvalue weighted by atomic mass is 35.5. The van der Waals surface area contributed by atoms with Gasteiger partial charge in [0.25, 0.3) is 5.92 Å². The fourth-order valence-electron chi connectivity index (χ4n) is 3.03. The van der Waals surface area contributed by atoms with E-state index in [9.17, 15) is 18.4 Å². The van der Waals surface area contributed by atoms with Crippen LogP contribution < -0.4 is 0 Å². The molecule has 0 amide bonds. The van der Waals surface area contributed by atoms with Crippen LogP contribution in [0.3, 0.4) is 0 Å². The molecule has 128 valence electrons.